The van der Waals surface area contributed by atoms with Crippen LogP contribution in [-0.4, -0.2) is 17.1 Å². The number of aromatic hydroxyl groups is 1. The third-order valence-corrected chi connectivity index (χ3v) is 3.57. The number of nitrogens with two attached hydrogens (primary N) is 1. The molecule has 1 atom stereocenters. The first-order chi connectivity index (χ1) is 9.95. The minimum Gasteiger partial charge on any atom is -0.508 e. The highest BCUT2D eigenvalue weighted by Crippen LogP contribution is 2.23. The summed E-state index contributed by atoms with van der Waals surface area (Å²) >= 11 is 3.18. The average molecular weight is 353 g/mol. The van der Waals surface area contributed by atoms with E-state index in [2.05, 4.69) is 21.2 Å². The summed E-state index contributed by atoms with van der Waals surface area (Å²) in [6.07, 6.45) is 0.338. The molecule has 110 valence electrons. The molecule has 0 fully saturated rings. The summed E-state index contributed by atoms with van der Waals surface area (Å²) in [5.41, 5.74) is 7.15. The Kier molecular flexibility index (Phi) is 4.93. The minimum absolute atomic E-state index is 0.159. The van der Waals surface area contributed by atoms with Crippen molar-refractivity contribution < 1.29 is 14.3 Å². The van der Waals surface area contributed by atoms with Crippen molar-refractivity contribution in [3.63, 3.8) is 0 Å². The van der Waals surface area contributed by atoms with Crippen molar-refractivity contribution in [1.82, 2.24) is 0 Å². The lowest BCUT2D eigenvalue weighted by Crippen LogP contribution is -2.37. The molecule has 0 radical (unpaired) electrons. The largest absolute Gasteiger partial charge is 0.508 e. The predicted octanol–water partition coefficient (Wildman–Crippen LogP) is 2.80. The van der Waals surface area contributed by atoms with Crippen LogP contribution >= 0.6 is 15.9 Å². The smallest absolute Gasteiger partial charge is 0.241 e. The van der Waals surface area contributed by atoms with Crippen molar-refractivity contribution in [3.8, 4) is 5.75 Å². The molecule has 0 unspecified atom stereocenters. The van der Waals surface area contributed by atoms with Crippen molar-refractivity contribution in [1.29, 1.82) is 0 Å². The van der Waals surface area contributed by atoms with Gasteiger partial charge in [-0.25, -0.2) is 4.39 Å². The van der Waals surface area contributed by atoms with Gasteiger partial charge in [-0.3, -0.25) is 4.79 Å². The number of carbonyl (C=O) groups is 1. The van der Waals surface area contributed by atoms with E-state index in [9.17, 15) is 14.3 Å². The summed E-state index contributed by atoms with van der Waals surface area (Å²) in [7, 11) is 0. The average Bonchev–Trinajstić information content (AvgIpc) is 2.44. The molecule has 6 heteroatoms. The van der Waals surface area contributed by atoms with Gasteiger partial charge in [-0.15, -0.1) is 0 Å². The van der Waals surface area contributed by atoms with Crippen LogP contribution in [0.3, 0.4) is 0 Å². The molecule has 21 heavy (non-hydrogen) atoms. The fourth-order valence-corrected chi connectivity index (χ4v) is 2.24. The lowest BCUT2D eigenvalue weighted by Gasteiger charge is -2.13. The Morgan fingerprint density at radius 3 is 2.57 bits per heavy atom. The number of anilines is 1. The van der Waals surface area contributed by atoms with Crippen LogP contribution in [0.4, 0.5) is 10.1 Å². The van der Waals surface area contributed by atoms with Crippen molar-refractivity contribution in [2.24, 2.45) is 5.73 Å². The molecule has 4 N–H and O–H groups in total. The summed E-state index contributed by atoms with van der Waals surface area (Å²) in [6, 6.07) is 9.73. The number of phenols is 1. The number of hydrogen-bond acceptors (Lipinski definition) is 3. The van der Waals surface area contributed by atoms with E-state index in [0.717, 1.165) is 5.56 Å². The van der Waals surface area contributed by atoms with Gasteiger partial charge in [-0.2, -0.15) is 0 Å². The van der Waals surface area contributed by atoms with E-state index >= 15 is 0 Å². The van der Waals surface area contributed by atoms with Crippen LogP contribution in [0, 0.1) is 5.82 Å². The first kappa shape index (κ1) is 15.5. The SMILES string of the molecule is N[C@H](Cc1ccc(O)cc1)C(=O)Nc1ccc(F)cc1Br. The molecule has 2 aromatic rings. The quantitative estimate of drug-likeness (QED) is 0.791. The lowest BCUT2D eigenvalue weighted by molar-refractivity contribution is -0.117. The Morgan fingerprint density at radius 2 is 1.95 bits per heavy atom. The van der Waals surface area contributed by atoms with Gasteiger partial charge < -0.3 is 16.2 Å². The number of carbonyl (C=O) groups excluding carboxylic acids is 1. The number of hydrogen-bond donors (Lipinski definition) is 3. The summed E-state index contributed by atoms with van der Waals surface area (Å²) in [5, 5.41) is 11.8. The highest BCUT2D eigenvalue weighted by Gasteiger charge is 2.15. The van der Waals surface area contributed by atoms with Crippen LogP contribution in [0.15, 0.2) is 46.9 Å². The molecule has 0 saturated carbocycles. The van der Waals surface area contributed by atoms with Gasteiger partial charge in [0.1, 0.15) is 11.6 Å². The van der Waals surface area contributed by atoms with Crippen LogP contribution < -0.4 is 11.1 Å². The van der Waals surface area contributed by atoms with Gasteiger partial charge in [0, 0.05) is 4.47 Å². The molecular formula is C15H14BrFN2O2. The number of nitrogens with one attached hydrogen (secondary N) is 1. The van der Waals surface area contributed by atoms with Crippen LogP contribution in [0.5, 0.6) is 5.75 Å². The van der Waals surface area contributed by atoms with Crippen molar-refractivity contribution in [3.05, 3.63) is 58.3 Å². The molecule has 0 heterocycles. The fraction of sp³-hybridized carbons (Fsp3) is 0.133. The van der Waals surface area contributed by atoms with E-state index in [1.165, 1.54) is 30.3 Å². The second kappa shape index (κ2) is 6.69. The number of halogens is 2. The second-order valence-corrected chi connectivity index (χ2v) is 5.44. The van der Waals surface area contributed by atoms with Crippen LogP contribution in [0.1, 0.15) is 5.56 Å². The third kappa shape index (κ3) is 4.27. The van der Waals surface area contributed by atoms with Crippen molar-refractivity contribution in [2.45, 2.75) is 12.5 Å². The highest BCUT2D eigenvalue weighted by atomic mass is 79.9. The molecule has 4 nitrogen and oxygen atoms in total. The summed E-state index contributed by atoms with van der Waals surface area (Å²) in [4.78, 5) is 12.0. The van der Waals surface area contributed by atoms with Crippen LogP contribution in [-0.2, 0) is 11.2 Å². The van der Waals surface area contributed by atoms with Gasteiger partial charge in [-0.05, 0) is 58.2 Å². The zero-order chi connectivity index (χ0) is 15.4. The van der Waals surface area contributed by atoms with Crippen LogP contribution in [0.25, 0.3) is 0 Å². The van der Waals surface area contributed by atoms with Gasteiger partial charge >= 0.3 is 0 Å². The van der Waals surface area contributed by atoms with E-state index in [1.807, 2.05) is 0 Å². The Hall–Kier alpha value is -1.92. The molecular weight excluding hydrogens is 339 g/mol. The van der Waals surface area contributed by atoms with Gasteiger partial charge in [-0.1, -0.05) is 12.1 Å². The lowest BCUT2D eigenvalue weighted by atomic mass is 10.1. The van der Waals surface area contributed by atoms with Crippen LogP contribution in [0.2, 0.25) is 0 Å². The number of amides is 1. The Bertz CT molecular complexity index is 647. The van der Waals surface area contributed by atoms with E-state index in [0.29, 0.717) is 16.6 Å². The zero-order valence-electron chi connectivity index (χ0n) is 11.0. The maximum absolute atomic E-state index is 13.0. The maximum atomic E-state index is 13.0. The predicted molar refractivity (Wildman–Crippen MR) is 82.5 cm³/mol. The molecule has 0 aromatic heterocycles. The van der Waals surface area contributed by atoms with Crippen molar-refractivity contribution in [2.75, 3.05) is 5.32 Å². The minimum atomic E-state index is -0.744. The maximum Gasteiger partial charge on any atom is 0.241 e. The normalized spacial score (nSPS) is 12.0. The topological polar surface area (TPSA) is 75.3 Å². The molecule has 2 aromatic carbocycles. The molecule has 0 bridgehead atoms. The molecule has 0 aliphatic carbocycles. The first-order valence-corrected chi connectivity index (χ1v) is 7.04. The van der Waals surface area contributed by atoms with Gasteiger partial charge in [0.15, 0.2) is 0 Å². The Balaban J connectivity index is 2.00. The molecule has 0 aliphatic heterocycles. The third-order valence-electron chi connectivity index (χ3n) is 2.92. The van der Waals surface area contributed by atoms with E-state index in [1.54, 1.807) is 12.1 Å². The fourth-order valence-electron chi connectivity index (χ4n) is 1.79. The molecule has 1 amide bonds. The van der Waals surface area contributed by atoms with E-state index < -0.39 is 11.9 Å². The monoisotopic (exact) mass is 352 g/mol. The number of phenolic OH excluding ortho intramolecular Hbond substituents is 1. The zero-order valence-corrected chi connectivity index (χ0v) is 12.6. The van der Waals surface area contributed by atoms with Gasteiger partial charge in [0.05, 0.1) is 11.7 Å². The first-order valence-electron chi connectivity index (χ1n) is 6.25. The Morgan fingerprint density at radius 1 is 1.29 bits per heavy atom. The van der Waals surface area contributed by atoms with Gasteiger partial charge in [0.2, 0.25) is 5.91 Å². The van der Waals surface area contributed by atoms with E-state index in [4.69, 9.17) is 5.73 Å². The van der Waals surface area contributed by atoms with Gasteiger partial charge in [0.25, 0.3) is 0 Å². The second-order valence-electron chi connectivity index (χ2n) is 4.59. The summed E-state index contributed by atoms with van der Waals surface area (Å²) in [5.74, 6) is -0.601. The van der Waals surface area contributed by atoms with E-state index in [-0.39, 0.29) is 11.7 Å². The summed E-state index contributed by atoms with van der Waals surface area (Å²) in [6.45, 7) is 0. The van der Waals surface area contributed by atoms with Crippen molar-refractivity contribution >= 4 is 27.5 Å². The summed E-state index contributed by atoms with van der Waals surface area (Å²) < 4.78 is 13.4. The highest BCUT2D eigenvalue weighted by molar-refractivity contribution is 9.10. The number of rotatable bonds is 4. The molecule has 2 rings (SSSR count). The molecule has 0 saturated heterocycles. The standard InChI is InChI=1S/C15H14BrFN2O2/c16-12-8-10(17)3-6-14(12)19-15(21)13(18)7-9-1-4-11(20)5-2-9/h1-6,8,13,20H,7,18H2,(H,19,21)/t13-/m1/s1. The molecule has 0 spiro atoms. The Labute approximate surface area is 129 Å². The number of benzene rings is 2. The molecule has 0 aliphatic rings.